The molecule has 0 amide bonds. The van der Waals surface area contributed by atoms with Gasteiger partial charge in [-0.15, -0.1) is 0 Å². The highest BCUT2D eigenvalue weighted by Crippen LogP contribution is 2.28. The highest BCUT2D eigenvalue weighted by Gasteiger charge is 2.17. The first kappa shape index (κ1) is 18.7. The average Bonchev–Trinajstić information content (AvgIpc) is 2.53. The fourth-order valence-electron chi connectivity index (χ4n) is 2.52. The molecule has 24 heavy (non-hydrogen) atoms. The maximum absolute atomic E-state index is 12.5. The third kappa shape index (κ3) is 4.93. The predicted octanol–water partition coefficient (Wildman–Crippen LogP) is 3.81. The Labute approximate surface area is 146 Å². The summed E-state index contributed by atoms with van der Waals surface area (Å²) in [5, 5.41) is 10.4. The minimum atomic E-state index is -3.61. The van der Waals surface area contributed by atoms with Crippen molar-refractivity contribution in [1.82, 2.24) is 4.72 Å². The lowest BCUT2D eigenvalue weighted by Gasteiger charge is -2.10. The van der Waals surface area contributed by atoms with E-state index in [0.717, 1.165) is 12.8 Å². The van der Waals surface area contributed by atoms with Gasteiger partial charge >= 0.3 is 5.97 Å². The van der Waals surface area contributed by atoms with Crippen LogP contribution in [-0.2, 0) is 14.8 Å². The van der Waals surface area contributed by atoms with Crippen LogP contribution in [0.3, 0.4) is 0 Å². The van der Waals surface area contributed by atoms with Gasteiger partial charge in [-0.2, -0.15) is 0 Å². The summed E-state index contributed by atoms with van der Waals surface area (Å²) in [6, 6.07) is 10.2. The number of hydrogen-bond acceptors (Lipinski definition) is 3. The van der Waals surface area contributed by atoms with Crippen LogP contribution in [0.15, 0.2) is 41.3 Å². The molecular formula is C17H20ClNO4S. The largest absolute Gasteiger partial charge is 0.481 e. The summed E-state index contributed by atoms with van der Waals surface area (Å²) in [5.41, 5.74) is 0. The van der Waals surface area contributed by atoms with E-state index in [1.165, 1.54) is 0 Å². The Balaban J connectivity index is 1.96. The maximum atomic E-state index is 12.5. The van der Waals surface area contributed by atoms with Crippen LogP contribution in [0.2, 0.25) is 5.02 Å². The van der Waals surface area contributed by atoms with Crippen molar-refractivity contribution in [2.75, 3.05) is 6.54 Å². The molecule has 2 rings (SSSR count). The zero-order valence-corrected chi connectivity index (χ0v) is 14.7. The van der Waals surface area contributed by atoms with Gasteiger partial charge in [-0.1, -0.05) is 48.7 Å². The van der Waals surface area contributed by atoms with Crippen molar-refractivity contribution in [1.29, 1.82) is 0 Å². The number of halogens is 1. The van der Waals surface area contributed by atoms with Crippen LogP contribution in [-0.4, -0.2) is 26.0 Å². The molecule has 0 aliphatic heterocycles. The molecular weight excluding hydrogens is 350 g/mol. The third-order valence-electron chi connectivity index (χ3n) is 3.73. The van der Waals surface area contributed by atoms with Crippen molar-refractivity contribution in [3.63, 3.8) is 0 Å². The van der Waals surface area contributed by atoms with Crippen LogP contribution in [0.1, 0.15) is 32.1 Å². The van der Waals surface area contributed by atoms with Gasteiger partial charge in [-0.3, -0.25) is 4.79 Å². The second kappa shape index (κ2) is 8.46. The highest BCUT2D eigenvalue weighted by atomic mass is 35.5. The minimum absolute atomic E-state index is 0.155. The average molecular weight is 370 g/mol. The summed E-state index contributed by atoms with van der Waals surface area (Å²) in [7, 11) is -3.61. The number of sulfonamides is 1. The number of benzene rings is 2. The van der Waals surface area contributed by atoms with Crippen LogP contribution in [0.25, 0.3) is 10.8 Å². The van der Waals surface area contributed by atoms with Crippen molar-refractivity contribution in [3.05, 3.63) is 41.4 Å². The lowest BCUT2D eigenvalue weighted by molar-refractivity contribution is -0.137. The quantitative estimate of drug-likeness (QED) is 0.658. The van der Waals surface area contributed by atoms with E-state index < -0.39 is 16.0 Å². The monoisotopic (exact) mass is 369 g/mol. The van der Waals surface area contributed by atoms with Crippen molar-refractivity contribution in [2.45, 2.75) is 37.0 Å². The Kier molecular flexibility index (Phi) is 6.60. The molecule has 0 atom stereocenters. The summed E-state index contributed by atoms with van der Waals surface area (Å²) < 4.78 is 27.6. The van der Waals surface area contributed by atoms with Crippen LogP contribution in [0.5, 0.6) is 0 Å². The van der Waals surface area contributed by atoms with Crippen molar-refractivity contribution in [3.8, 4) is 0 Å². The molecule has 2 N–H and O–H groups in total. The first-order valence-electron chi connectivity index (χ1n) is 7.80. The number of carbonyl (C=O) groups is 1. The SMILES string of the molecule is O=C(O)CCCCCCNS(=O)(=O)c1cccc2c(Cl)cccc12. The molecule has 0 spiro atoms. The fourth-order valence-corrected chi connectivity index (χ4v) is 4.05. The van der Waals surface area contributed by atoms with E-state index in [0.29, 0.717) is 35.2 Å². The molecule has 0 heterocycles. The summed E-state index contributed by atoms with van der Waals surface area (Å²) in [4.78, 5) is 10.6. The van der Waals surface area contributed by atoms with Crippen LogP contribution in [0.4, 0.5) is 0 Å². The van der Waals surface area contributed by atoms with Crippen molar-refractivity contribution in [2.24, 2.45) is 0 Å². The van der Waals surface area contributed by atoms with Gasteiger partial charge in [0.1, 0.15) is 0 Å². The van der Waals surface area contributed by atoms with Gasteiger partial charge in [0, 0.05) is 28.8 Å². The number of carboxylic acids is 1. The van der Waals surface area contributed by atoms with Crippen LogP contribution in [0, 0.1) is 0 Å². The molecule has 0 fully saturated rings. The number of carboxylic acid groups (broad SMARTS) is 1. The summed E-state index contributed by atoms with van der Waals surface area (Å²) in [6.45, 7) is 0.326. The van der Waals surface area contributed by atoms with E-state index in [9.17, 15) is 13.2 Å². The van der Waals surface area contributed by atoms with E-state index in [4.69, 9.17) is 16.7 Å². The molecule has 0 radical (unpaired) electrons. The topological polar surface area (TPSA) is 83.5 Å². The van der Waals surface area contributed by atoms with Gasteiger partial charge in [0.15, 0.2) is 0 Å². The predicted molar refractivity (Wildman–Crippen MR) is 94.9 cm³/mol. The lowest BCUT2D eigenvalue weighted by Crippen LogP contribution is -2.25. The maximum Gasteiger partial charge on any atom is 0.303 e. The number of rotatable bonds is 9. The van der Waals surface area contributed by atoms with Gasteiger partial charge < -0.3 is 5.11 Å². The molecule has 5 nitrogen and oxygen atoms in total. The Morgan fingerprint density at radius 3 is 2.42 bits per heavy atom. The number of nitrogens with one attached hydrogen (secondary N) is 1. The van der Waals surface area contributed by atoms with Gasteiger partial charge in [0.05, 0.1) is 4.90 Å². The lowest BCUT2D eigenvalue weighted by atomic mass is 10.1. The molecule has 0 unspecified atom stereocenters. The zero-order chi connectivity index (χ0) is 17.6. The van der Waals surface area contributed by atoms with E-state index in [-0.39, 0.29) is 11.3 Å². The molecule has 0 bridgehead atoms. The minimum Gasteiger partial charge on any atom is -0.481 e. The molecule has 130 valence electrons. The molecule has 2 aromatic carbocycles. The molecule has 2 aromatic rings. The van der Waals surface area contributed by atoms with Crippen molar-refractivity contribution >= 4 is 38.4 Å². The molecule has 7 heteroatoms. The van der Waals surface area contributed by atoms with Gasteiger partial charge in [0.25, 0.3) is 0 Å². The smallest absolute Gasteiger partial charge is 0.303 e. The Morgan fingerprint density at radius 2 is 1.67 bits per heavy atom. The highest BCUT2D eigenvalue weighted by molar-refractivity contribution is 7.89. The standard InChI is InChI=1S/C17H20ClNO4S/c18-15-9-5-8-14-13(15)7-6-10-16(14)24(22,23)19-12-4-2-1-3-11-17(20)21/h5-10,19H,1-4,11-12H2,(H,20,21). The second-order valence-electron chi connectivity index (χ2n) is 5.55. The van der Waals surface area contributed by atoms with Gasteiger partial charge in [-0.25, -0.2) is 13.1 Å². The van der Waals surface area contributed by atoms with Crippen molar-refractivity contribution < 1.29 is 18.3 Å². The number of unbranched alkanes of at least 4 members (excludes halogenated alkanes) is 3. The molecule has 0 aliphatic rings. The molecule has 0 saturated heterocycles. The van der Waals surface area contributed by atoms with Crippen LogP contribution < -0.4 is 4.72 Å². The molecule has 0 saturated carbocycles. The summed E-state index contributed by atoms with van der Waals surface area (Å²) in [6.07, 6.45) is 3.01. The second-order valence-corrected chi connectivity index (χ2v) is 7.69. The van der Waals surface area contributed by atoms with E-state index in [1.807, 2.05) is 0 Å². The number of hydrogen-bond donors (Lipinski definition) is 2. The van der Waals surface area contributed by atoms with E-state index >= 15 is 0 Å². The normalized spacial score (nSPS) is 11.7. The first-order valence-corrected chi connectivity index (χ1v) is 9.66. The molecule has 0 aromatic heterocycles. The Hall–Kier alpha value is -1.63. The third-order valence-corrected chi connectivity index (χ3v) is 5.58. The number of aliphatic carboxylic acids is 1. The fraction of sp³-hybridized carbons (Fsp3) is 0.353. The summed E-state index contributed by atoms with van der Waals surface area (Å²) >= 11 is 6.12. The number of fused-ring (bicyclic) bond motifs is 1. The Bertz CT molecular complexity index is 820. The van der Waals surface area contributed by atoms with Gasteiger partial charge in [-0.05, 0) is 25.0 Å². The van der Waals surface area contributed by atoms with E-state index in [2.05, 4.69) is 4.72 Å². The summed E-state index contributed by atoms with van der Waals surface area (Å²) in [5.74, 6) is -0.801. The zero-order valence-electron chi connectivity index (χ0n) is 13.2. The Morgan fingerprint density at radius 1 is 1.00 bits per heavy atom. The van der Waals surface area contributed by atoms with E-state index in [1.54, 1.807) is 36.4 Å². The first-order chi connectivity index (χ1) is 11.4. The van der Waals surface area contributed by atoms with Crippen LogP contribution >= 0.6 is 11.6 Å². The molecule has 0 aliphatic carbocycles. The van der Waals surface area contributed by atoms with Gasteiger partial charge in [0.2, 0.25) is 10.0 Å².